The van der Waals surface area contributed by atoms with E-state index in [0.717, 1.165) is 36.4 Å². The highest BCUT2D eigenvalue weighted by molar-refractivity contribution is 7.91. The van der Waals surface area contributed by atoms with E-state index >= 15 is 0 Å². The fourth-order valence-electron chi connectivity index (χ4n) is 2.36. The van der Waals surface area contributed by atoms with Gasteiger partial charge in [-0.1, -0.05) is 6.92 Å². The van der Waals surface area contributed by atoms with Crippen LogP contribution in [-0.4, -0.2) is 20.1 Å². The Balaban J connectivity index is 2.16. The molecule has 0 aliphatic carbocycles. The average molecular weight is 414 g/mol. The maximum absolute atomic E-state index is 13.0. The van der Waals surface area contributed by atoms with Gasteiger partial charge in [0.05, 0.1) is 27.8 Å². The summed E-state index contributed by atoms with van der Waals surface area (Å²) >= 11 is 0. The van der Waals surface area contributed by atoms with E-state index in [4.69, 9.17) is 5.26 Å². The van der Waals surface area contributed by atoms with Crippen LogP contribution in [0.1, 0.15) is 18.1 Å². The maximum Gasteiger partial charge on any atom is 0.417 e. The Morgan fingerprint density at radius 1 is 1.18 bits per heavy atom. The van der Waals surface area contributed by atoms with Gasteiger partial charge >= 0.3 is 6.18 Å². The number of benzene rings is 2. The minimum absolute atomic E-state index is 0.175. The topological polar surface area (TPSA) is 87.0 Å². The second-order valence-electron chi connectivity index (χ2n) is 6.00. The maximum atomic E-state index is 13.0. The van der Waals surface area contributed by atoms with Crippen molar-refractivity contribution < 1.29 is 30.8 Å². The first-order valence-corrected chi connectivity index (χ1v) is 9.50. The zero-order chi connectivity index (χ0) is 21.1. The lowest BCUT2D eigenvalue weighted by Crippen LogP contribution is -2.27. The van der Waals surface area contributed by atoms with E-state index in [1.165, 1.54) is 13.0 Å². The number of nitrogens with one attached hydrogen (secondary N) is 1. The Kier molecular flexibility index (Phi) is 6.09. The lowest BCUT2D eigenvalue weighted by Gasteiger charge is -2.15. The first-order valence-electron chi connectivity index (χ1n) is 7.84. The predicted octanol–water partition coefficient (Wildman–Crippen LogP) is 3.76. The summed E-state index contributed by atoms with van der Waals surface area (Å²) in [5, 5.41) is 11.0. The molecule has 0 aliphatic heterocycles. The summed E-state index contributed by atoms with van der Waals surface area (Å²) < 4.78 is 76.4. The summed E-state index contributed by atoms with van der Waals surface area (Å²) in [6.07, 6.45) is -4.79. The first kappa shape index (κ1) is 21.4. The number of hydrogen-bond donors (Lipinski definition) is 1. The molecule has 1 atom stereocenters. The second kappa shape index (κ2) is 7.98. The number of carbonyl (C=O) groups excluding carboxylic acids is 1. The molecule has 2 aromatic carbocycles. The van der Waals surface area contributed by atoms with Gasteiger partial charge in [-0.05, 0) is 42.5 Å². The minimum atomic E-state index is -4.79. The van der Waals surface area contributed by atoms with Crippen molar-refractivity contribution in [2.45, 2.75) is 18.0 Å². The lowest BCUT2D eigenvalue weighted by molar-refractivity contribution is -0.137. The molecule has 0 unspecified atom stereocenters. The summed E-state index contributed by atoms with van der Waals surface area (Å²) in [7, 11) is -3.91. The highest BCUT2D eigenvalue weighted by Gasteiger charge is 2.34. The molecule has 0 saturated heterocycles. The number of anilines is 1. The molecule has 28 heavy (non-hydrogen) atoms. The summed E-state index contributed by atoms with van der Waals surface area (Å²) in [6.45, 7) is 1.30. The van der Waals surface area contributed by atoms with E-state index < -0.39 is 50.5 Å². The number of hydrogen-bond acceptors (Lipinski definition) is 4. The normalized spacial score (nSPS) is 12.9. The van der Waals surface area contributed by atoms with Gasteiger partial charge in [-0.3, -0.25) is 4.79 Å². The molecule has 0 aliphatic rings. The van der Waals surface area contributed by atoms with Crippen molar-refractivity contribution in [1.29, 1.82) is 5.26 Å². The zero-order valence-electron chi connectivity index (χ0n) is 14.4. The van der Waals surface area contributed by atoms with E-state index in [0.29, 0.717) is 6.07 Å². The quantitative estimate of drug-likeness (QED) is 0.596. The van der Waals surface area contributed by atoms with Crippen molar-refractivity contribution >= 4 is 21.4 Å². The second-order valence-corrected chi connectivity index (χ2v) is 8.03. The van der Waals surface area contributed by atoms with Crippen molar-refractivity contribution in [3.63, 3.8) is 0 Å². The van der Waals surface area contributed by atoms with Gasteiger partial charge in [0.1, 0.15) is 5.82 Å². The smallest absolute Gasteiger partial charge is 0.326 e. The lowest BCUT2D eigenvalue weighted by atomic mass is 10.1. The van der Waals surface area contributed by atoms with Crippen LogP contribution in [-0.2, 0) is 20.8 Å². The van der Waals surface area contributed by atoms with Gasteiger partial charge in [0.15, 0.2) is 9.84 Å². The van der Waals surface area contributed by atoms with E-state index in [-0.39, 0.29) is 10.6 Å². The van der Waals surface area contributed by atoms with Crippen LogP contribution in [0.4, 0.5) is 23.2 Å². The molecule has 0 heterocycles. The molecule has 10 heteroatoms. The van der Waals surface area contributed by atoms with E-state index in [9.17, 15) is 30.8 Å². The van der Waals surface area contributed by atoms with Crippen molar-refractivity contribution in [1.82, 2.24) is 0 Å². The number of halogens is 4. The van der Waals surface area contributed by atoms with Gasteiger partial charge < -0.3 is 5.32 Å². The molecule has 1 amide bonds. The third-order valence-corrected chi connectivity index (χ3v) is 5.73. The Bertz CT molecular complexity index is 1030. The fourth-order valence-corrected chi connectivity index (χ4v) is 3.92. The number of alkyl halides is 3. The Morgan fingerprint density at radius 3 is 2.32 bits per heavy atom. The van der Waals surface area contributed by atoms with Crippen molar-refractivity contribution in [2.75, 3.05) is 11.1 Å². The van der Waals surface area contributed by atoms with Gasteiger partial charge in [0.2, 0.25) is 5.91 Å². The van der Waals surface area contributed by atoms with Crippen molar-refractivity contribution in [3.05, 3.63) is 59.4 Å². The predicted molar refractivity (Wildman–Crippen MR) is 92.4 cm³/mol. The van der Waals surface area contributed by atoms with Crippen LogP contribution >= 0.6 is 0 Å². The Morgan fingerprint density at radius 2 is 1.79 bits per heavy atom. The van der Waals surface area contributed by atoms with Gasteiger partial charge in [-0.25, -0.2) is 12.8 Å². The number of sulfone groups is 1. The molecule has 0 aromatic heterocycles. The van der Waals surface area contributed by atoms with Gasteiger partial charge in [-0.2, -0.15) is 18.4 Å². The van der Waals surface area contributed by atoms with Crippen LogP contribution < -0.4 is 5.32 Å². The first-order chi connectivity index (χ1) is 12.9. The number of carbonyl (C=O) groups is 1. The molecule has 0 saturated carbocycles. The summed E-state index contributed by atoms with van der Waals surface area (Å²) in [4.78, 5) is 12.0. The van der Waals surface area contributed by atoms with Crippen LogP contribution in [0.3, 0.4) is 0 Å². The molecule has 0 spiro atoms. The SMILES string of the molecule is C[C@@H](CS(=O)(=O)c1ccc(F)cc1)C(=O)Nc1ccc(C#N)c(C(F)(F)F)c1. The number of amides is 1. The van der Waals surface area contributed by atoms with Crippen LogP contribution in [0.15, 0.2) is 47.4 Å². The zero-order valence-corrected chi connectivity index (χ0v) is 15.2. The highest BCUT2D eigenvalue weighted by atomic mass is 32.2. The van der Waals surface area contributed by atoms with Crippen LogP contribution in [0.25, 0.3) is 0 Å². The molecule has 0 bridgehead atoms. The van der Waals surface area contributed by atoms with Crippen LogP contribution in [0.5, 0.6) is 0 Å². The third-order valence-electron chi connectivity index (χ3n) is 3.80. The number of nitriles is 1. The average Bonchev–Trinajstić information content (AvgIpc) is 2.60. The van der Waals surface area contributed by atoms with Gasteiger partial charge in [-0.15, -0.1) is 0 Å². The number of nitrogens with zero attached hydrogens (tertiary/aromatic N) is 1. The van der Waals surface area contributed by atoms with E-state index in [1.807, 2.05) is 0 Å². The van der Waals surface area contributed by atoms with E-state index in [2.05, 4.69) is 5.32 Å². The monoisotopic (exact) mass is 414 g/mol. The van der Waals surface area contributed by atoms with Crippen LogP contribution in [0, 0.1) is 23.1 Å². The molecule has 0 fully saturated rings. The molecule has 2 aromatic rings. The third kappa shape index (κ3) is 5.07. The summed E-state index contributed by atoms with van der Waals surface area (Å²) in [5.74, 6) is -3.15. The van der Waals surface area contributed by atoms with Crippen molar-refractivity contribution in [3.8, 4) is 6.07 Å². The number of rotatable bonds is 5. The molecular weight excluding hydrogens is 400 g/mol. The molecule has 5 nitrogen and oxygen atoms in total. The highest BCUT2D eigenvalue weighted by Crippen LogP contribution is 2.33. The fraction of sp³-hybridized carbons (Fsp3) is 0.222. The molecule has 148 valence electrons. The Labute approximate surface area is 158 Å². The standard InChI is InChI=1S/C18H14F4N2O3S/c1-11(10-28(26,27)15-6-3-13(19)4-7-15)17(25)24-14-5-2-12(9-23)16(8-14)18(20,21)22/h2-8,11H,10H2,1H3,(H,24,25)/t11-/m0/s1. The summed E-state index contributed by atoms with van der Waals surface area (Å²) in [5.41, 5.74) is -2.03. The van der Waals surface area contributed by atoms with E-state index in [1.54, 1.807) is 0 Å². The summed E-state index contributed by atoms with van der Waals surface area (Å²) in [6, 6.07) is 8.11. The Hall–Kier alpha value is -2.93. The minimum Gasteiger partial charge on any atom is -0.326 e. The largest absolute Gasteiger partial charge is 0.417 e. The molecule has 1 N–H and O–H groups in total. The molecule has 0 radical (unpaired) electrons. The van der Waals surface area contributed by atoms with Crippen LogP contribution in [0.2, 0.25) is 0 Å². The van der Waals surface area contributed by atoms with Gasteiger partial charge in [0.25, 0.3) is 0 Å². The molecule has 2 rings (SSSR count). The van der Waals surface area contributed by atoms with Gasteiger partial charge in [0, 0.05) is 11.6 Å². The van der Waals surface area contributed by atoms with Crippen molar-refractivity contribution in [2.24, 2.45) is 5.92 Å². The molecular formula is C18H14F4N2O3S.